The molecule has 2 heterocycles. The average molecular weight is 603 g/mol. The van der Waals surface area contributed by atoms with Gasteiger partial charge in [-0.25, -0.2) is 9.69 Å². The van der Waals surface area contributed by atoms with E-state index in [9.17, 15) is 37.3 Å². The number of halogens is 2. The van der Waals surface area contributed by atoms with Crippen molar-refractivity contribution >= 4 is 68.5 Å². The Hall–Kier alpha value is -3.13. The van der Waals surface area contributed by atoms with E-state index in [-0.39, 0.29) is 29.6 Å². The summed E-state index contributed by atoms with van der Waals surface area (Å²) in [6, 6.07) is 2.23. The molecule has 0 aromatic heterocycles. The van der Waals surface area contributed by atoms with E-state index in [0.717, 1.165) is 4.90 Å². The summed E-state index contributed by atoms with van der Waals surface area (Å²) in [7, 11) is -4.22. The largest absolute Gasteiger partial charge is 0.480 e. The Morgan fingerprint density at radius 1 is 0.897 bits per heavy atom. The Kier molecular flexibility index (Phi) is 9.64. The molecule has 3 rings (SSSR count). The molecule has 212 valence electrons. The first-order chi connectivity index (χ1) is 18.3. The predicted molar refractivity (Wildman–Crippen MR) is 145 cm³/mol. The lowest BCUT2D eigenvalue weighted by molar-refractivity contribution is -0.144. The van der Waals surface area contributed by atoms with E-state index in [1.54, 1.807) is 21.9 Å². The molecule has 4 amide bonds. The molecule has 1 saturated heterocycles. The quantitative estimate of drug-likeness (QED) is 0.219. The van der Waals surface area contributed by atoms with Gasteiger partial charge in [0.25, 0.3) is 21.9 Å². The molecule has 1 aromatic rings. The van der Waals surface area contributed by atoms with E-state index in [0.29, 0.717) is 41.5 Å². The summed E-state index contributed by atoms with van der Waals surface area (Å²) in [5, 5.41) is 9.75. The van der Waals surface area contributed by atoms with Gasteiger partial charge in [-0.15, -0.1) is 0 Å². The molecular weight excluding hydrogens is 575 g/mol. The zero-order chi connectivity index (χ0) is 29.1. The summed E-state index contributed by atoms with van der Waals surface area (Å²) in [6.45, 7) is 3.31. The molecule has 2 aliphatic heterocycles. The number of unbranched alkanes of at least 4 members (excludes halogenated alkanes) is 1. The van der Waals surface area contributed by atoms with Crippen LogP contribution in [-0.4, -0.2) is 83.6 Å². The lowest BCUT2D eigenvalue weighted by atomic mass is 10.1. The molecular formula is C24H28Cl2N4O8S. The van der Waals surface area contributed by atoms with E-state index in [2.05, 4.69) is 0 Å². The Morgan fingerprint density at radius 2 is 1.46 bits per heavy atom. The summed E-state index contributed by atoms with van der Waals surface area (Å²) in [4.78, 5) is 55.2. The zero-order valence-corrected chi connectivity index (χ0v) is 23.6. The first-order valence-electron chi connectivity index (χ1n) is 12.1. The van der Waals surface area contributed by atoms with Crippen LogP contribution in [0.25, 0.3) is 0 Å². The third-order valence-electron chi connectivity index (χ3n) is 6.09. The van der Waals surface area contributed by atoms with Crippen molar-refractivity contribution in [3.63, 3.8) is 0 Å². The number of fused-ring (bicyclic) bond motifs is 1. The highest BCUT2D eigenvalue weighted by atomic mass is 35.5. The number of carboxylic acids is 1. The molecule has 0 radical (unpaired) electrons. The van der Waals surface area contributed by atoms with Gasteiger partial charge in [0, 0.05) is 19.6 Å². The number of carbonyl (C=O) groups is 4. The molecule has 0 bridgehead atoms. The normalized spacial score (nSPS) is 18.1. The monoisotopic (exact) mass is 602 g/mol. The van der Waals surface area contributed by atoms with Crippen molar-refractivity contribution in [2.45, 2.75) is 33.1 Å². The van der Waals surface area contributed by atoms with Crippen molar-refractivity contribution in [1.29, 1.82) is 0 Å². The number of carboxylic acid groups (broad SMARTS) is 1. The third-order valence-corrected chi connectivity index (χ3v) is 7.62. The molecule has 0 spiro atoms. The van der Waals surface area contributed by atoms with Gasteiger partial charge in [0.2, 0.25) is 0 Å². The van der Waals surface area contributed by atoms with Crippen molar-refractivity contribution in [2.24, 2.45) is 0 Å². The molecule has 1 fully saturated rings. The Morgan fingerprint density at radius 3 is 2.00 bits per heavy atom. The summed E-state index contributed by atoms with van der Waals surface area (Å²) in [5.74, 6) is -3.37. The number of anilines is 2. The second-order valence-electron chi connectivity index (χ2n) is 8.77. The van der Waals surface area contributed by atoms with E-state index >= 15 is 0 Å². The number of amides is 4. The van der Waals surface area contributed by atoms with Crippen LogP contribution in [0.4, 0.5) is 16.2 Å². The van der Waals surface area contributed by atoms with Crippen LogP contribution in [0, 0.1) is 0 Å². The standard InChI is InChI=1S/C24H28Cl2N4O8S/c1-3-5-9-29-22(33)15(23(34)30(24(29)35)14-21(31)32)7-8-20-27(4-2)18-12-16(25)17(26)13-19(18)28(20)10-6-11-39(36,37)38/h7-8,12-13H,3-6,9-11,14H2,1-2H3,(H,31,32)(H,36,37,38)/b15-7-,20-8+. The van der Waals surface area contributed by atoms with Gasteiger partial charge in [-0.3, -0.25) is 23.8 Å². The molecule has 39 heavy (non-hydrogen) atoms. The summed E-state index contributed by atoms with van der Waals surface area (Å²) in [6.07, 6.45) is 3.82. The molecule has 0 unspecified atom stereocenters. The highest BCUT2D eigenvalue weighted by Gasteiger charge is 2.42. The van der Waals surface area contributed by atoms with Crippen LogP contribution in [0.1, 0.15) is 33.1 Å². The first-order valence-corrected chi connectivity index (χ1v) is 14.5. The van der Waals surface area contributed by atoms with Gasteiger partial charge in [0.15, 0.2) is 0 Å². The van der Waals surface area contributed by atoms with E-state index in [4.69, 9.17) is 23.2 Å². The van der Waals surface area contributed by atoms with Gasteiger partial charge in [0.05, 0.1) is 27.2 Å². The maximum atomic E-state index is 13.2. The van der Waals surface area contributed by atoms with Crippen LogP contribution >= 0.6 is 23.2 Å². The van der Waals surface area contributed by atoms with Crippen LogP contribution in [0.2, 0.25) is 10.0 Å². The topological polar surface area (TPSA) is 156 Å². The number of nitrogens with zero attached hydrogens (tertiary/aromatic N) is 4. The number of urea groups is 1. The van der Waals surface area contributed by atoms with Gasteiger partial charge in [-0.2, -0.15) is 8.42 Å². The Labute approximate surface area is 235 Å². The van der Waals surface area contributed by atoms with Crippen molar-refractivity contribution in [3.05, 3.63) is 45.7 Å². The number of hydrogen-bond acceptors (Lipinski definition) is 8. The fraction of sp³-hybridized carbons (Fsp3) is 0.417. The molecule has 0 saturated carbocycles. The summed E-state index contributed by atoms with van der Waals surface area (Å²) >= 11 is 12.5. The molecule has 1 aromatic carbocycles. The second kappa shape index (κ2) is 12.4. The minimum atomic E-state index is -4.22. The molecule has 2 aliphatic rings. The van der Waals surface area contributed by atoms with Gasteiger partial charge >= 0.3 is 12.0 Å². The number of aliphatic carboxylic acids is 1. The van der Waals surface area contributed by atoms with Gasteiger partial charge in [0.1, 0.15) is 17.9 Å². The number of benzene rings is 1. The van der Waals surface area contributed by atoms with Gasteiger partial charge < -0.3 is 14.9 Å². The molecule has 12 nitrogen and oxygen atoms in total. The van der Waals surface area contributed by atoms with Gasteiger partial charge in [-0.05, 0) is 44.1 Å². The minimum Gasteiger partial charge on any atom is -0.480 e. The molecule has 15 heteroatoms. The van der Waals surface area contributed by atoms with E-state index < -0.39 is 51.8 Å². The van der Waals surface area contributed by atoms with E-state index in [1.807, 2.05) is 13.8 Å². The number of carbonyl (C=O) groups excluding carboxylic acids is 3. The molecule has 0 atom stereocenters. The maximum Gasteiger partial charge on any atom is 0.334 e. The van der Waals surface area contributed by atoms with Crippen molar-refractivity contribution < 1.29 is 37.3 Å². The Balaban J connectivity index is 2.09. The highest BCUT2D eigenvalue weighted by molar-refractivity contribution is 7.85. The highest BCUT2D eigenvalue weighted by Crippen LogP contribution is 2.45. The lowest BCUT2D eigenvalue weighted by Gasteiger charge is -2.33. The van der Waals surface area contributed by atoms with Crippen LogP contribution in [0.5, 0.6) is 0 Å². The van der Waals surface area contributed by atoms with Crippen molar-refractivity contribution in [2.75, 3.05) is 41.7 Å². The van der Waals surface area contributed by atoms with Crippen molar-refractivity contribution in [3.8, 4) is 0 Å². The number of hydrogen-bond donors (Lipinski definition) is 2. The van der Waals surface area contributed by atoms with Crippen molar-refractivity contribution in [1.82, 2.24) is 9.80 Å². The van der Waals surface area contributed by atoms with Crippen LogP contribution < -0.4 is 9.80 Å². The summed E-state index contributed by atoms with van der Waals surface area (Å²) < 4.78 is 31.8. The third kappa shape index (κ3) is 6.72. The number of rotatable bonds is 11. The summed E-state index contributed by atoms with van der Waals surface area (Å²) in [5.41, 5.74) is 0.817. The molecule has 0 aliphatic carbocycles. The SMILES string of the molecule is CCCCN1C(=O)/C(=C/C=C2\N(CC)c3cc(Cl)c(Cl)cc3N2CCCS(=O)(=O)O)C(=O)N(CC(=O)O)C1=O. The predicted octanol–water partition coefficient (Wildman–Crippen LogP) is 3.36. The maximum absolute atomic E-state index is 13.2. The smallest absolute Gasteiger partial charge is 0.334 e. The van der Waals surface area contributed by atoms with Crippen LogP contribution in [-0.2, 0) is 24.5 Å². The average Bonchev–Trinajstić information content (AvgIpc) is 3.12. The van der Waals surface area contributed by atoms with Gasteiger partial charge in [-0.1, -0.05) is 36.5 Å². The zero-order valence-electron chi connectivity index (χ0n) is 21.3. The number of allylic oxidation sites excluding steroid dienone is 2. The number of barbiturate groups is 1. The second-order valence-corrected chi connectivity index (χ2v) is 11.2. The Bertz CT molecular complexity index is 1360. The first kappa shape index (κ1) is 30.4. The fourth-order valence-electron chi connectivity index (χ4n) is 4.29. The minimum absolute atomic E-state index is 0.0107. The van der Waals surface area contributed by atoms with E-state index in [1.165, 1.54) is 12.2 Å². The fourth-order valence-corrected chi connectivity index (χ4v) is 5.10. The number of imide groups is 2. The molecule has 2 N–H and O–H groups in total. The lowest BCUT2D eigenvalue weighted by Crippen LogP contribution is -2.57. The van der Waals surface area contributed by atoms with Crippen LogP contribution in [0.15, 0.2) is 35.7 Å². The van der Waals surface area contributed by atoms with Crippen LogP contribution in [0.3, 0.4) is 0 Å².